The minimum atomic E-state index is -3.31. The van der Waals surface area contributed by atoms with E-state index in [0.29, 0.717) is 29.7 Å². The summed E-state index contributed by atoms with van der Waals surface area (Å²) in [4.78, 5) is 18.7. The van der Waals surface area contributed by atoms with E-state index in [2.05, 4.69) is 22.5 Å². The predicted octanol–water partition coefficient (Wildman–Crippen LogP) is 2.54. The second-order valence-electron chi connectivity index (χ2n) is 10.2. The Morgan fingerprint density at radius 3 is 2.56 bits per heavy atom. The third kappa shape index (κ3) is 5.17. The molecule has 0 aromatic carbocycles. The van der Waals surface area contributed by atoms with Gasteiger partial charge in [0.1, 0.15) is 32.3 Å². The number of rotatable bonds is 8. The molecule has 10 nitrogen and oxygen atoms in total. The molecule has 2 aliphatic carbocycles. The van der Waals surface area contributed by atoms with Gasteiger partial charge in [0.15, 0.2) is 0 Å². The standard InChI is InChI=1S/C24H32N6O4S2/c1-11(14-5-6-14)26-24-27-12(2)18(23-29-19-13(3)25-8-7-17(19)35-23)22(30-24)28-16-9-15(10-36(4,33)34)20(31)21(16)32/h7-8,11,14-16,20-21,31-32H,5-6,9-10H2,1-4H3,(H2,26,27,28,30)/t11-,15-,16-,20-,21+/m1/s1. The summed E-state index contributed by atoms with van der Waals surface area (Å²) < 4.78 is 24.7. The second-order valence-corrected chi connectivity index (χ2v) is 13.4. The maximum absolute atomic E-state index is 11.9. The third-order valence-corrected chi connectivity index (χ3v) is 9.19. The average Bonchev–Trinajstić information content (AvgIpc) is 3.50. The van der Waals surface area contributed by atoms with E-state index >= 15 is 0 Å². The van der Waals surface area contributed by atoms with Gasteiger partial charge < -0.3 is 20.8 Å². The molecule has 3 aromatic rings. The van der Waals surface area contributed by atoms with Gasteiger partial charge in [-0.2, -0.15) is 4.98 Å². The molecule has 0 unspecified atom stereocenters. The lowest BCUT2D eigenvalue weighted by Gasteiger charge is -2.22. The Bertz CT molecular complexity index is 1390. The number of thiazole rings is 1. The first kappa shape index (κ1) is 25.2. The number of pyridine rings is 1. The van der Waals surface area contributed by atoms with Gasteiger partial charge in [0, 0.05) is 24.4 Å². The summed E-state index contributed by atoms with van der Waals surface area (Å²) >= 11 is 1.51. The van der Waals surface area contributed by atoms with E-state index in [-0.39, 0.29) is 11.8 Å². The second kappa shape index (κ2) is 9.47. The van der Waals surface area contributed by atoms with Crippen LogP contribution in [0.4, 0.5) is 11.8 Å². The zero-order valence-electron chi connectivity index (χ0n) is 20.8. The highest BCUT2D eigenvalue weighted by Crippen LogP contribution is 2.39. The smallest absolute Gasteiger partial charge is 0.225 e. The van der Waals surface area contributed by atoms with Crippen LogP contribution in [0.5, 0.6) is 0 Å². The minimum Gasteiger partial charge on any atom is -0.390 e. The lowest BCUT2D eigenvalue weighted by Crippen LogP contribution is -2.36. The van der Waals surface area contributed by atoms with Crippen molar-refractivity contribution in [3.8, 4) is 10.6 Å². The summed E-state index contributed by atoms with van der Waals surface area (Å²) in [5, 5.41) is 28.8. The molecular formula is C24H32N6O4S2. The average molecular weight is 533 g/mol. The number of hydrogen-bond donors (Lipinski definition) is 4. The van der Waals surface area contributed by atoms with E-state index in [0.717, 1.165) is 32.9 Å². The summed E-state index contributed by atoms with van der Waals surface area (Å²) in [5.41, 5.74) is 3.09. The Kier molecular flexibility index (Phi) is 6.64. The van der Waals surface area contributed by atoms with E-state index in [1.165, 1.54) is 24.2 Å². The fourth-order valence-corrected chi connectivity index (χ4v) is 7.22. The van der Waals surface area contributed by atoms with E-state index < -0.39 is 34.0 Å². The predicted molar refractivity (Wildman–Crippen MR) is 141 cm³/mol. The van der Waals surface area contributed by atoms with Crippen LogP contribution in [0.15, 0.2) is 12.3 Å². The minimum absolute atomic E-state index is 0.186. The quantitative estimate of drug-likeness (QED) is 0.341. The lowest BCUT2D eigenvalue weighted by atomic mass is 10.1. The molecule has 5 atom stereocenters. The molecule has 3 aromatic heterocycles. The number of aliphatic hydroxyl groups is 2. The van der Waals surface area contributed by atoms with Gasteiger partial charge in [0.2, 0.25) is 5.95 Å². The van der Waals surface area contributed by atoms with Gasteiger partial charge in [-0.05, 0) is 52.0 Å². The van der Waals surface area contributed by atoms with E-state index in [1.807, 2.05) is 19.9 Å². The molecule has 12 heteroatoms. The molecule has 36 heavy (non-hydrogen) atoms. The van der Waals surface area contributed by atoms with Gasteiger partial charge >= 0.3 is 0 Å². The maximum Gasteiger partial charge on any atom is 0.225 e. The molecular weight excluding hydrogens is 500 g/mol. The number of fused-ring (bicyclic) bond motifs is 1. The number of nitrogens with zero attached hydrogens (tertiary/aromatic N) is 4. The van der Waals surface area contributed by atoms with Gasteiger partial charge in [-0.15, -0.1) is 11.3 Å². The van der Waals surface area contributed by atoms with Crippen molar-refractivity contribution in [2.75, 3.05) is 22.6 Å². The molecule has 0 radical (unpaired) electrons. The first-order chi connectivity index (χ1) is 17.0. The van der Waals surface area contributed by atoms with Crippen molar-refractivity contribution in [1.29, 1.82) is 0 Å². The van der Waals surface area contributed by atoms with Crippen LogP contribution >= 0.6 is 11.3 Å². The molecule has 0 spiro atoms. The zero-order valence-corrected chi connectivity index (χ0v) is 22.4. The van der Waals surface area contributed by atoms with Crippen molar-refractivity contribution >= 4 is 43.2 Å². The number of aryl methyl sites for hydroxylation is 2. The first-order valence-corrected chi connectivity index (χ1v) is 15.1. The van der Waals surface area contributed by atoms with E-state index in [4.69, 9.17) is 15.0 Å². The topological polar surface area (TPSA) is 150 Å². The van der Waals surface area contributed by atoms with Gasteiger partial charge in [0.25, 0.3) is 0 Å². The summed E-state index contributed by atoms with van der Waals surface area (Å²) in [7, 11) is -3.31. The van der Waals surface area contributed by atoms with Crippen LogP contribution < -0.4 is 10.6 Å². The number of aromatic nitrogens is 4. The van der Waals surface area contributed by atoms with Crippen molar-refractivity contribution in [1.82, 2.24) is 19.9 Å². The fourth-order valence-electron chi connectivity index (χ4n) is 5.00. The molecule has 2 aliphatic rings. The summed E-state index contributed by atoms with van der Waals surface area (Å²) in [6.07, 6.45) is 3.28. The van der Waals surface area contributed by atoms with Crippen LogP contribution in [0.25, 0.3) is 20.8 Å². The largest absolute Gasteiger partial charge is 0.390 e. The highest BCUT2D eigenvalue weighted by molar-refractivity contribution is 7.90. The Morgan fingerprint density at radius 1 is 1.14 bits per heavy atom. The van der Waals surface area contributed by atoms with Crippen molar-refractivity contribution in [3.63, 3.8) is 0 Å². The Balaban J connectivity index is 1.53. The molecule has 0 aliphatic heterocycles. The molecule has 0 saturated heterocycles. The molecule has 5 rings (SSSR count). The van der Waals surface area contributed by atoms with Crippen LogP contribution in [0.2, 0.25) is 0 Å². The third-order valence-electron chi connectivity index (χ3n) is 7.12. The number of sulfone groups is 1. The highest BCUT2D eigenvalue weighted by atomic mass is 32.2. The number of hydrogen-bond acceptors (Lipinski definition) is 11. The van der Waals surface area contributed by atoms with Crippen LogP contribution in [0, 0.1) is 25.7 Å². The monoisotopic (exact) mass is 532 g/mol. The Morgan fingerprint density at radius 2 is 1.89 bits per heavy atom. The number of aliphatic hydroxyl groups excluding tert-OH is 2. The zero-order chi connectivity index (χ0) is 25.8. The summed E-state index contributed by atoms with van der Waals surface area (Å²) in [6, 6.07) is 1.58. The molecule has 2 fully saturated rings. The number of anilines is 2. The SMILES string of the molecule is Cc1nc(N[C@H](C)C2CC2)nc(N[C@@H]2C[C@H](CS(C)(=O)=O)[C@@H](O)[C@H]2O)c1-c1nc2c(C)nccc2s1. The van der Waals surface area contributed by atoms with Crippen molar-refractivity contribution in [3.05, 3.63) is 23.7 Å². The molecule has 3 heterocycles. The van der Waals surface area contributed by atoms with Gasteiger partial charge in [-0.3, -0.25) is 4.98 Å². The van der Waals surface area contributed by atoms with Crippen LogP contribution in [-0.4, -0.2) is 74.9 Å². The van der Waals surface area contributed by atoms with Crippen molar-refractivity contribution in [2.45, 2.75) is 64.3 Å². The molecule has 194 valence electrons. The van der Waals surface area contributed by atoms with Crippen molar-refractivity contribution < 1.29 is 18.6 Å². The van der Waals surface area contributed by atoms with E-state index in [9.17, 15) is 18.6 Å². The van der Waals surface area contributed by atoms with Crippen LogP contribution in [0.3, 0.4) is 0 Å². The van der Waals surface area contributed by atoms with Gasteiger partial charge in [-0.25, -0.2) is 18.4 Å². The van der Waals surface area contributed by atoms with Crippen LogP contribution in [0.1, 0.15) is 37.6 Å². The first-order valence-electron chi connectivity index (χ1n) is 12.2. The lowest BCUT2D eigenvalue weighted by molar-refractivity contribution is 0.0216. The Labute approximate surface area is 214 Å². The van der Waals surface area contributed by atoms with Crippen LogP contribution in [-0.2, 0) is 9.84 Å². The highest BCUT2D eigenvalue weighted by Gasteiger charge is 2.43. The summed E-state index contributed by atoms with van der Waals surface area (Å²) in [5.74, 6) is 0.831. The Hall–Kier alpha value is -2.41. The molecule has 0 amide bonds. The molecule has 0 bridgehead atoms. The van der Waals surface area contributed by atoms with Gasteiger partial charge in [0.05, 0.1) is 39.5 Å². The summed E-state index contributed by atoms with van der Waals surface area (Å²) in [6.45, 7) is 5.94. The molecule has 4 N–H and O–H groups in total. The van der Waals surface area contributed by atoms with Gasteiger partial charge in [-0.1, -0.05) is 0 Å². The fraction of sp³-hybridized carbons (Fsp3) is 0.583. The number of nitrogens with one attached hydrogen (secondary N) is 2. The van der Waals surface area contributed by atoms with Crippen molar-refractivity contribution in [2.24, 2.45) is 11.8 Å². The maximum atomic E-state index is 11.9. The van der Waals surface area contributed by atoms with E-state index in [1.54, 1.807) is 6.20 Å². The normalized spacial score (nSPS) is 25.3. The molecule has 2 saturated carbocycles.